The van der Waals surface area contributed by atoms with E-state index in [1.807, 2.05) is 17.9 Å². The summed E-state index contributed by atoms with van der Waals surface area (Å²) in [4.78, 5) is 14.3. The maximum atomic E-state index is 12.9. The van der Waals surface area contributed by atoms with E-state index < -0.39 is 0 Å². The number of aromatic nitrogens is 1. The lowest BCUT2D eigenvalue weighted by atomic mass is 10.1. The molecular formula is C16H17FN2O2. The molecule has 0 saturated carbocycles. The van der Waals surface area contributed by atoms with Gasteiger partial charge in [-0.25, -0.2) is 4.39 Å². The molecule has 0 aliphatic carbocycles. The Morgan fingerprint density at radius 3 is 2.86 bits per heavy atom. The van der Waals surface area contributed by atoms with Crippen molar-refractivity contribution in [1.82, 2.24) is 10.1 Å². The molecule has 1 aromatic heterocycles. The minimum Gasteiger partial charge on any atom is -0.361 e. The Hall–Kier alpha value is -2.17. The topological polar surface area (TPSA) is 46.3 Å². The van der Waals surface area contributed by atoms with Gasteiger partial charge in [-0.3, -0.25) is 4.79 Å². The maximum absolute atomic E-state index is 12.9. The Labute approximate surface area is 122 Å². The molecule has 110 valence electrons. The molecule has 2 aromatic rings. The number of hydrogen-bond acceptors (Lipinski definition) is 3. The van der Waals surface area contributed by atoms with Gasteiger partial charge in [-0.05, 0) is 37.5 Å². The van der Waals surface area contributed by atoms with Crippen LogP contribution in [0.15, 0.2) is 34.9 Å². The van der Waals surface area contributed by atoms with Crippen LogP contribution in [0, 0.1) is 12.7 Å². The van der Waals surface area contributed by atoms with E-state index in [2.05, 4.69) is 5.16 Å². The Bertz CT molecular complexity index is 636. The first-order chi connectivity index (χ1) is 10.1. The van der Waals surface area contributed by atoms with Gasteiger partial charge in [0.15, 0.2) is 0 Å². The van der Waals surface area contributed by atoms with Crippen molar-refractivity contribution in [2.75, 3.05) is 6.54 Å². The summed E-state index contributed by atoms with van der Waals surface area (Å²) in [6.07, 6.45) is 2.15. The lowest BCUT2D eigenvalue weighted by Crippen LogP contribution is -2.32. The first-order valence-electron chi connectivity index (χ1n) is 7.10. The lowest BCUT2D eigenvalue weighted by molar-refractivity contribution is -0.131. The monoisotopic (exact) mass is 288 g/mol. The van der Waals surface area contributed by atoms with Gasteiger partial charge in [-0.2, -0.15) is 0 Å². The number of carbonyl (C=O) groups excluding carboxylic acids is 1. The second kappa shape index (κ2) is 5.68. The van der Waals surface area contributed by atoms with Crippen molar-refractivity contribution in [2.24, 2.45) is 0 Å². The van der Waals surface area contributed by atoms with Gasteiger partial charge >= 0.3 is 0 Å². The molecule has 0 bridgehead atoms. The summed E-state index contributed by atoms with van der Waals surface area (Å²) in [6.45, 7) is 2.58. The second-order valence-corrected chi connectivity index (χ2v) is 5.41. The van der Waals surface area contributed by atoms with Crippen LogP contribution in [0.3, 0.4) is 0 Å². The molecule has 4 nitrogen and oxygen atoms in total. The highest BCUT2D eigenvalue weighted by atomic mass is 19.1. The summed E-state index contributed by atoms with van der Waals surface area (Å²) < 4.78 is 18.0. The van der Waals surface area contributed by atoms with E-state index in [0.29, 0.717) is 0 Å². The van der Waals surface area contributed by atoms with E-state index >= 15 is 0 Å². The van der Waals surface area contributed by atoms with Gasteiger partial charge < -0.3 is 9.42 Å². The van der Waals surface area contributed by atoms with E-state index in [4.69, 9.17) is 4.52 Å². The second-order valence-electron chi connectivity index (χ2n) is 5.41. The molecule has 1 fully saturated rings. The Morgan fingerprint density at radius 1 is 1.43 bits per heavy atom. The van der Waals surface area contributed by atoms with Crippen molar-refractivity contribution in [3.8, 4) is 0 Å². The normalized spacial score (nSPS) is 18.2. The van der Waals surface area contributed by atoms with Crippen molar-refractivity contribution >= 4 is 5.91 Å². The maximum Gasteiger partial charge on any atom is 0.227 e. The highest BCUT2D eigenvalue weighted by Crippen LogP contribution is 2.31. The largest absolute Gasteiger partial charge is 0.361 e. The summed E-state index contributed by atoms with van der Waals surface area (Å²) in [5.74, 6) is 0.510. The van der Waals surface area contributed by atoms with E-state index in [0.717, 1.165) is 36.4 Å². The van der Waals surface area contributed by atoms with Gasteiger partial charge in [-0.15, -0.1) is 0 Å². The summed E-state index contributed by atoms with van der Waals surface area (Å²) in [5, 5.41) is 4.03. The zero-order valence-electron chi connectivity index (χ0n) is 11.9. The molecule has 0 radical (unpaired) electrons. The van der Waals surface area contributed by atoms with Crippen LogP contribution in [-0.4, -0.2) is 22.5 Å². The minimum absolute atomic E-state index is 0.00426. The minimum atomic E-state index is -0.289. The zero-order chi connectivity index (χ0) is 14.8. The molecule has 2 heterocycles. The first-order valence-corrected chi connectivity index (χ1v) is 7.10. The summed E-state index contributed by atoms with van der Waals surface area (Å²) >= 11 is 0. The quantitative estimate of drug-likeness (QED) is 0.872. The lowest BCUT2D eigenvalue weighted by Gasteiger charge is -2.23. The number of carbonyl (C=O) groups is 1. The summed E-state index contributed by atoms with van der Waals surface area (Å²) in [5.41, 5.74) is 1.64. The highest BCUT2D eigenvalue weighted by Gasteiger charge is 2.31. The van der Waals surface area contributed by atoms with Crippen molar-refractivity contribution in [3.63, 3.8) is 0 Å². The Kier molecular flexibility index (Phi) is 3.73. The molecule has 21 heavy (non-hydrogen) atoms. The number of rotatable bonds is 3. The van der Waals surface area contributed by atoms with Crippen molar-refractivity contribution in [1.29, 1.82) is 0 Å². The molecule has 5 heteroatoms. The van der Waals surface area contributed by atoms with Crippen LogP contribution in [0.2, 0.25) is 0 Å². The van der Waals surface area contributed by atoms with Crippen LogP contribution < -0.4 is 0 Å². The number of benzene rings is 1. The smallest absolute Gasteiger partial charge is 0.227 e. The number of aryl methyl sites for hydroxylation is 1. The number of likely N-dealkylation sites (tertiary alicyclic amines) is 1. The summed E-state index contributed by atoms with van der Waals surface area (Å²) in [6, 6.07) is 7.94. The van der Waals surface area contributed by atoms with Gasteiger partial charge in [0.2, 0.25) is 5.91 Å². The molecule has 1 aliphatic rings. The zero-order valence-corrected chi connectivity index (χ0v) is 11.9. The fourth-order valence-electron chi connectivity index (χ4n) is 2.79. The first kappa shape index (κ1) is 13.8. The van der Waals surface area contributed by atoms with Crippen LogP contribution >= 0.6 is 0 Å². The van der Waals surface area contributed by atoms with Crippen molar-refractivity contribution in [2.45, 2.75) is 32.2 Å². The molecule has 0 spiro atoms. The van der Waals surface area contributed by atoms with Gasteiger partial charge in [0.1, 0.15) is 17.3 Å². The van der Waals surface area contributed by atoms with E-state index in [1.165, 1.54) is 12.1 Å². The standard InChI is InChI=1S/C16H17FN2O2/c1-11-9-14(18-21-11)15-3-2-8-19(15)16(20)10-12-4-6-13(17)7-5-12/h4-7,9,15H,2-3,8,10H2,1H3. The molecule has 0 N–H and O–H groups in total. The highest BCUT2D eigenvalue weighted by molar-refractivity contribution is 5.79. The average molecular weight is 288 g/mol. The number of amides is 1. The fourth-order valence-corrected chi connectivity index (χ4v) is 2.79. The van der Waals surface area contributed by atoms with Crippen LogP contribution in [0.5, 0.6) is 0 Å². The van der Waals surface area contributed by atoms with E-state index in [9.17, 15) is 9.18 Å². The molecule has 1 unspecified atom stereocenters. The number of hydrogen-bond donors (Lipinski definition) is 0. The Balaban J connectivity index is 1.72. The third kappa shape index (κ3) is 2.96. The van der Waals surface area contributed by atoms with Crippen LogP contribution in [0.25, 0.3) is 0 Å². The van der Waals surface area contributed by atoms with Crippen LogP contribution in [0.1, 0.15) is 35.9 Å². The van der Waals surface area contributed by atoms with Crippen molar-refractivity contribution < 1.29 is 13.7 Å². The van der Waals surface area contributed by atoms with Crippen LogP contribution in [-0.2, 0) is 11.2 Å². The summed E-state index contributed by atoms with van der Waals surface area (Å²) in [7, 11) is 0. The van der Waals surface area contributed by atoms with E-state index in [1.54, 1.807) is 12.1 Å². The van der Waals surface area contributed by atoms with E-state index in [-0.39, 0.29) is 24.2 Å². The molecule has 3 rings (SSSR count). The van der Waals surface area contributed by atoms with Gasteiger partial charge in [0.05, 0.1) is 12.5 Å². The fraction of sp³-hybridized carbons (Fsp3) is 0.375. The third-order valence-electron chi connectivity index (χ3n) is 3.83. The SMILES string of the molecule is Cc1cc(C2CCCN2C(=O)Cc2ccc(F)cc2)no1. The number of halogens is 1. The molecule has 1 saturated heterocycles. The molecule has 1 amide bonds. The van der Waals surface area contributed by atoms with Crippen LogP contribution in [0.4, 0.5) is 4.39 Å². The van der Waals surface area contributed by atoms with Gasteiger partial charge in [0.25, 0.3) is 0 Å². The third-order valence-corrected chi connectivity index (χ3v) is 3.83. The van der Waals surface area contributed by atoms with Gasteiger partial charge in [0, 0.05) is 12.6 Å². The molecule has 1 aliphatic heterocycles. The molecule has 1 atom stereocenters. The molecule has 1 aromatic carbocycles. The predicted octanol–water partition coefficient (Wildman–Crippen LogP) is 3.03. The average Bonchev–Trinajstić information content (AvgIpc) is 3.09. The molecular weight excluding hydrogens is 271 g/mol. The number of nitrogens with zero attached hydrogens (tertiary/aromatic N) is 2. The predicted molar refractivity (Wildman–Crippen MR) is 75.0 cm³/mol. The van der Waals surface area contributed by atoms with Crippen molar-refractivity contribution in [3.05, 3.63) is 53.2 Å². The Morgan fingerprint density at radius 2 is 2.19 bits per heavy atom. The van der Waals surface area contributed by atoms with Gasteiger partial charge in [-0.1, -0.05) is 17.3 Å².